The second-order valence-corrected chi connectivity index (χ2v) is 3.83. The second kappa shape index (κ2) is 10.5. The van der Waals surface area contributed by atoms with Crippen LogP contribution >= 0.6 is 0 Å². The van der Waals surface area contributed by atoms with E-state index in [1.54, 1.807) is 12.1 Å². The fraction of sp³-hybridized carbons (Fsp3) is 0.538. The minimum Gasteiger partial charge on any atom is -0.508 e. The molecule has 0 aliphatic carbocycles. The van der Waals surface area contributed by atoms with E-state index in [1.807, 2.05) is 19.1 Å². The van der Waals surface area contributed by atoms with Crippen LogP contribution in [0.15, 0.2) is 24.3 Å². The molecule has 0 spiro atoms. The van der Waals surface area contributed by atoms with Gasteiger partial charge in [0.2, 0.25) is 0 Å². The largest absolute Gasteiger partial charge is 0.508 e. The molecule has 0 heterocycles. The van der Waals surface area contributed by atoms with Gasteiger partial charge in [-0.15, -0.1) is 0 Å². The molecule has 1 aromatic carbocycles. The predicted octanol–water partition coefficient (Wildman–Crippen LogP) is 2.16. The van der Waals surface area contributed by atoms with Crippen molar-refractivity contribution in [1.29, 1.82) is 0 Å². The molecule has 0 aromatic heterocycles. The van der Waals surface area contributed by atoms with E-state index in [0.29, 0.717) is 5.75 Å². The Labute approximate surface area is 98.5 Å². The van der Waals surface area contributed by atoms with Gasteiger partial charge in [0, 0.05) is 0 Å². The summed E-state index contributed by atoms with van der Waals surface area (Å²) >= 11 is 0. The standard InChI is InChI=1S/C7H8O.C6H16N2/c1-6-2-4-7(8)5-3-6;7-5-3-1-2-4-6-8/h2-5,8H,1H3;1-8H2. The first kappa shape index (κ1) is 14.9. The zero-order valence-corrected chi connectivity index (χ0v) is 10.2. The van der Waals surface area contributed by atoms with E-state index in [4.69, 9.17) is 16.6 Å². The third-order valence-electron chi connectivity index (χ3n) is 2.19. The zero-order valence-electron chi connectivity index (χ0n) is 10.2. The van der Waals surface area contributed by atoms with E-state index in [-0.39, 0.29) is 0 Å². The van der Waals surface area contributed by atoms with Crippen LogP contribution in [0.4, 0.5) is 0 Å². The summed E-state index contributed by atoms with van der Waals surface area (Å²) in [5.74, 6) is 0.329. The van der Waals surface area contributed by atoms with Crippen molar-refractivity contribution in [2.45, 2.75) is 32.6 Å². The van der Waals surface area contributed by atoms with E-state index in [2.05, 4.69) is 0 Å². The Morgan fingerprint density at radius 3 is 1.62 bits per heavy atom. The number of phenolic OH excluding ortho intramolecular Hbond substituents is 1. The quantitative estimate of drug-likeness (QED) is 0.671. The highest BCUT2D eigenvalue weighted by Crippen LogP contribution is 2.07. The number of aromatic hydroxyl groups is 1. The molecule has 0 saturated heterocycles. The highest BCUT2D eigenvalue weighted by atomic mass is 16.3. The fourth-order valence-electron chi connectivity index (χ4n) is 1.19. The van der Waals surface area contributed by atoms with Crippen LogP contribution < -0.4 is 11.5 Å². The number of nitrogens with two attached hydrogens (primary N) is 2. The highest BCUT2D eigenvalue weighted by Gasteiger charge is 1.83. The van der Waals surface area contributed by atoms with Crippen LogP contribution in [0.2, 0.25) is 0 Å². The number of rotatable bonds is 5. The van der Waals surface area contributed by atoms with Crippen molar-refractivity contribution in [3.63, 3.8) is 0 Å². The molecule has 0 unspecified atom stereocenters. The van der Waals surface area contributed by atoms with Crippen molar-refractivity contribution in [2.24, 2.45) is 11.5 Å². The van der Waals surface area contributed by atoms with Crippen molar-refractivity contribution in [1.82, 2.24) is 0 Å². The molecule has 0 bridgehead atoms. The maximum atomic E-state index is 8.76. The normalized spacial score (nSPS) is 9.44. The molecule has 1 aromatic rings. The Balaban J connectivity index is 0.000000281. The first-order chi connectivity index (χ1) is 7.70. The summed E-state index contributed by atoms with van der Waals surface area (Å²) in [6.45, 7) is 3.63. The average molecular weight is 224 g/mol. The van der Waals surface area contributed by atoms with E-state index in [0.717, 1.165) is 25.9 Å². The molecule has 0 aliphatic heterocycles. The molecule has 3 heteroatoms. The van der Waals surface area contributed by atoms with Crippen LogP contribution in [0.1, 0.15) is 31.2 Å². The van der Waals surface area contributed by atoms with Crippen LogP contribution in [0.5, 0.6) is 5.75 Å². The summed E-state index contributed by atoms with van der Waals surface area (Å²) in [6.07, 6.45) is 4.79. The van der Waals surface area contributed by atoms with Crippen molar-refractivity contribution in [2.75, 3.05) is 13.1 Å². The number of benzene rings is 1. The molecule has 0 atom stereocenters. The molecular weight excluding hydrogens is 200 g/mol. The Morgan fingerprint density at radius 2 is 1.31 bits per heavy atom. The Hall–Kier alpha value is -1.06. The molecule has 92 valence electrons. The molecule has 0 aliphatic rings. The lowest BCUT2D eigenvalue weighted by Crippen LogP contribution is -2.00. The number of hydrogen-bond donors (Lipinski definition) is 3. The number of hydrogen-bond acceptors (Lipinski definition) is 3. The van der Waals surface area contributed by atoms with Crippen molar-refractivity contribution in [3.05, 3.63) is 29.8 Å². The molecule has 16 heavy (non-hydrogen) atoms. The van der Waals surface area contributed by atoms with Crippen LogP contribution in [0.3, 0.4) is 0 Å². The lowest BCUT2D eigenvalue weighted by Gasteiger charge is -1.94. The van der Waals surface area contributed by atoms with E-state index >= 15 is 0 Å². The number of unbranched alkanes of at least 4 members (excludes halogenated alkanes) is 3. The predicted molar refractivity (Wildman–Crippen MR) is 69.4 cm³/mol. The smallest absolute Gasteiger partial charge is 0.115 e. The highest BCUT2D eigenvalue weighted by molar-refractivity contribution is 5.24. The summed E-state index contributed by atoms with van der Waals surface area (Å²) in [7, 11) is 0. The fourth-order valence-corrected chi connectivity index (χ4v) is 1.19. The van der Waals surface area contributed by atoms with Gasteiger partial charge in [-0.05, 0) is 45.0 Å². The molecule has 1 rings (SSSR count). The summed E-state index contributed by atoms with van der Waals surface area (Å²) in [5.41, 5.74) is 11.7. The molecule has 0 amide bonds. The van der Waals surface area contributed by atoms with Gasteiger partial charge < -0.3 is 16.6 Å². The van der Waals surface area contributed by atoms with Gasteiger partial charge in [-0.2, -0.15) is 0 Å². The van der Waals surface area contributed by atoms with Gasteiger partial charge in [-0.25, -0.2) is 0 Å². The van der Waals surface area contributed by atoms with Gasteiger partial charge in [-0.1, -0.05) is 30.5 Å². The summed E-state index contributed by atoms with van der Waals surface area (Å²) < 4.78 is 0. The summed E-state index contributed by atoms with van der Waals surface area (Å²) in [4.78, 5) is 0. The van der Waals surface area contributed by atoms with Gasteiger partial charge >= 0.3 is 0 Å². The molecular formula is C13H24N2O. The third kappa shape index (κ3) is 9.49. The Kier molecular flexibility index (Phi) is 9.76. The second-order valence-electron chi connectivity index (χ2n) is 3.83. The maximum absolute atomic E-state index is 8.76. The maximum Gasteiger partial charge on any atom is 0.115 e. The average Bonchev–Trinajstić information content (AvgIpc) is 2.30. The van der Waals surface area contributed by atoms with Gasteiger partial charge in [0.25, 0.3) is 0 Å². The molecule has 0 fully saturated rings. The van der Waals surface area contributed by atoms with Gasteiger partial charge in [0.05, 0.1) is 0 Å². The molecule has 0 radical (unpaired) electrons. The van der Waals surface area contributed by atoms with E-state index in [1.165, 1.54) is 18.4 Å². The molecule has 3 nitrogen and oxygen atoms in total. The van der Waals surface area contributed by atoms with Crippen LogP contribution in [-0.4, -0.2) is 18.2 Å². The van der Waals surface area contributed by atoms with Crippen LogP contribution in [-0.2, 0) is 0 Å². The first-order valence-electron chi connectivity index (χ1n) is 5.86. The third-order valence-corrected chi connectivity index (χ3v) is 2.19. The number of phenols is 1. The molecule has 5 N–H and O–H groups in total. The Bertz CT molecular complexity index is 220. The summed E-state index contributed by atoms with van der Waals surface area (Å²) in [5, 5.41) is 8.76. The lowest BCUT2D eigenvalue weighted by molar-refractivity contribution is 0.475. The number of aryl methyl sites for hydroxylation is 1. The van der Waals surface area contributed by atoms with Crippen molar-refractivity contribution in [3.8, 4) is 5.75 Å². The van der Waals surface area contributed by atoms with Gasteiger partial charge in [-0.3, -0.25) is 0 Å². The molecule has 0 saturated carbocycles. The van der Waals surface area contributed by atoms with Crippen LogP contribution in [0, 0.1) is 6.92 Å². The topological polar surface area (TPSA) is 72.3 Å². The van der Waals surface area contributed by atoms with E-state index < -0.39 is 0 Å². The first-order valence-corrected chi connectivity index (χ1v) is 5.86. The van der Waals surface area contributed by atoms with Crippen LogP contribution in [0.25, 0.3) is 0 Å². The summed E-state index contributed by atoms with van der Waals surface area (Å²) in [6, 6.07) is 7.09. The SMILES string of the molecule is Cc1ccc(O)cc1.NCCCCCCN. The van der Waals surface area contributed by atoms with Gasteiger partial charge in [0.1, 0.15) is 5.75 Å². The van der Waals surface area contributed by atoms with Crippen molar-refractivity contribution >= 4 is 0 Å². The van der Waals surface area contributed by atoms with E-state index in [9.17, 15) is 0 Å². The monoisotopic (exact) mass is 224 g/mol. The zero-order chi connectivity index (χ0) is 12.2. The van der Waals surface area contributed by atoms with Gasteiger partial charge in [0.15, 0.2) is 0 Å². The van der Waals surface area contributed by atoms with Crippen molar-refractivity contribution < 1.29 is 5.11 Å². The minimum absolute atomic E-state index is 0.329. The lowest BCUT2D eigenvalue weighted by atomic mass is 10.2. The Morgan fingerprint density at radius 1 is 0.875 bits per heavy atom. The minimum atomic E-state index is 0.329.